The lowest BCUT2D eigenvalue weighted by Crippen LogP contribution is -2.44. The van der Waals surface area contributed by atoms with Crippen LogP contribution >= 0.6 is 0 Å². The van der Waals surface area contributed by atoms with Gasteiger partial charge in [0.15, 0.2) is 0 Å². The minimum atomic E-state index is -1.16. The molecule has 7 heteroatoms. The van der Waals surface area contributed by atoms with Crippen LogP contribution in [0.15, 0.2) is 84.9 Å². The minimum absolute atomic E-state index is 0.373. The smallest absolute Gasteiger partial charge is 0.325 e. The fourth-order valence-corrected chi connectivity index (χ4v) is 3.71. The van der Waals surface area contributed by atoms with Gasteiger partial charge in [-0.2, -0.15) is 0 Å². The number of urea groups is 1. The van der Waals surface area contributed by atoms with Crippen LogP contribution in [0.1, 0.15) is 18.9 Å². The van der Waals surface area contributed by atoms with E-state index in [9.17, 15) is 14.4 Å². The molecule has 1 heterocycles. The summed E-state index contributed by atoms with van der Waals surface area (Å²) in [5.41, 5.74) is 0.0692. The first-order valence-electron chi connectivity index (χ1n) is 10.3. The minimum Gasteiger partial charge on any atom is -0.457 e. The zero-order valence-electron chi connectivity index (χ0n) is 17.6. The molecule has 0 saturated carbocycles. The molecule has 0 spiro atoms. The summed E-state index contributed by atoms with van der Waals surface area (Å²) in [5.74, 6) is 0.433. The summed E-state index contributed by atoms with van der Waals surface area (Å²) in [6.07, 6.45) is 0.378. The molecular formula is C25H23N3O4. The van der Waals surface area contributed by atoms with Crippen molar-refractivity contribution < 1.29 is 19.1 Å². The standard InChI is InChI=1S/C25H23N3O4/c1-2-25(18-9-5-3-6-10-18)23(30)28(24(31)27-25)17-22(29)26-19-13-15-21(16-14-19)32-20-11-7-4-8-12-20/h3-16H,2,17H2,1H3,(H,26,29)(H,27,31). The summed E-state index contributed by atoms with van der Waals surface area (Å²) in [5, 5.41) is 5.49. The Hall–Kier alpha value is -4.13. The second-order valence-electron chi connectivity index (χ2n) is 7.43. The van der Waals surface area contributed by atoms with Crippen LogP contribution in [0.25, 0.3) is 0 Å². The lowest BCUT2D eigenvalue weighted by Gasteiger charge is -2.25. The SMILES string of the molecule is CCC1(c2ccccc2)NC(=O)N(CC(=O)Nc2ccc(Oc3ccccc3)cc2)C1=O. The van der Waals surface area contributed by atoms with E-state index >= 15 is 0 Å². The Morgan fingerprint density at radius 3 is 2.12 bits per heavy atom. The van der Waals surface area contributed by atoms with Crippen molar-refractivity contribution in [3.05, 3.63) is 90.5 Å². The molecule has 2 N–H and O–H groups in total. The van der Waals surface area contributed by atoms with Crippen LogP contribution in [0, 0.1) is 0 Å². The Bertz CT molecular complexity index is 1120. The van der Waals surface area contributed by atoms with Crippen LogP contribution in [0.2, 0.25) is 0 Å². The summed E-state index contributed by atoms with van der Waals surface area (Å²) >= 11 is 0. The van der Waals surface area contributed by atoms with Crippen molar-refractivity contribution in [2.45, 2.75) is 18.9 Å². The van der Waals surface area contributed by atoms with E-state index in [4.69, 9.17) is 4.74 Å². The topological polar surface area (TPSA) is 87.7 Å². The maximum atomic E-state index is 13.1. The summed E-state index contributed by atoms with van der Waals surface area (Å²) in [4.78, 5) is 39.2. The number of rotatable bonds is 7. The lowest BCUT2D eigenvalue weighted by molar-refractivity contribution is -0.134. The predicted octanol–water partition coefficient (Wildman–Crippen LogP) is 4.27. The van der Waals surface area contributed by atoms with Crippen LogP contribution in [-0.4, -0.2) is 29.3 Å². The number of carbonyl (C=O) groups is 3. The van der Waals surface area contributed by atoms with Gasteiger partial charge in [-0.3, -0.25) is 14.5 Å². The van der Waals surface area contributed by atoms with Gasteiger partial charge >= 0.3 is 6.03 Å². The Morgan fingerprint density at radius 1 is 0.906 bits per heavy atom. The molecular weight excluding hydrogens is 406 g/mol. The number of nitrogens with one attached hydrogen (secondary N) is 2. The molecule has 1 atom stereocenters. The Labute approximate surface area is 186 Å². The molecule has 32 heavy (non-hydrogen) atoms. The maximum Gasteiger partial charge on any atom is 0.325 e. The number of benzene rings is 3. The van der Waals surface area contributed by atoms with Gasteiger partial charge in [0.25, 0.3) is 5.91 Å². The summed E-state index contributed by atoms with van der Waals surface area (Å²) in [6.45, 7) is 1.45. The molecule has 162 valence electrons. The first-order valence-corrected chi connectivity index (χ1v) is 10.3. The number of nitrogens with zero attached hydrogens (tertiary/aromatic N) is 1. The lowest BCUT2D eigenvalue weighted by atomic mass is 9.87. The van der Waals surface area contributed by atoms with Gasteiger partial charge in [0.1, 0.15) is 23.6 Å². The number of imide groups is 1. The number of hydrogen-bond acceptors (Lipinski definition) is 4. The average Bonchev–Trinajstić information content (AvgIpc) is 3.07. The van der Waals surface area contributed by atoms with Gasteiger partial charge in [-0.25, -0.2) is 4.79 Å². The summed E-state index contributed by atoms with van der Waals surface area (Å²) in [7, 11) is 0. The molecule has 1 aliphatic rings. The van der Waals surface area contributed by atoms with Crippen LogP contribution < -0.4 is 15.4 Å². The van der Waals surface area contributed by atoms with Gasteiger partial charge in [-0.1, -0.05) is 55.5 Å². The zero-order chi connectivity index (χ0) is 22.6. The van der Waals surface area contributed by atoms with Gasteiger partial charge in [-0.05, 0) is 48.4 Å². The highest BCUT2D eigenvalue weighted by Crippen LogP contribution is 2.32. The van der Waals surface area contributed by atoms with Crippen molar-refractivity contribution in [2.75, 3.05) is 11.9 Å². The van der Waals surface area contributed by atoms with Crippen LogP contribution in [0.4, 0.5) is 10.5 Å². The van der Waals surface area contributed by atoms with E-state index in [0.717, 1.165) is 4.90 Å². The van der Waals surface area contributed by atoms with Crippen LogP contribution in [0.3, 0.4) is 0 Å². The zero-order valence-corrected chi connectivity index (χ0v) is 17.6. The van der Waals surface area contributed by atoms with E-state index < -0.39 is 23.4 Å². The number of ether oxygens (including phenoxy) is 1. The van der Waals surface area contributed by atoms with Crippen LogP contribution in [-0.2, 0) is 15.1 Å². The quantitative estimate of drug-likeness (QED) is 0.549. The third-order valence-electron chi connectivity index (χ3n) is 5.39. The third kappa shape index (κ3) is 4.18. The van der Waals surface area contributed by atoms with E-state index in [2.05, 4.69) is 10.6 Å². The molecule has 3 aromatic carbocycles. The molecule has 3 aromatic rings. The second kappa shape index (κ2) is 8.93. The largest absolute Gasteiger partial charge is 0.457 e. The summed E-state index contributed by atoms with van der Waals surface area (Å²) < 4.78 is 5.73. The molecule has 1 saturated heterocycles. The van der Waals surface area contributed by atoms with E-state index in [1.165, 1.54) is 0 Å². The number of amides is 4. The fourth-order valence-electron chi connectivity index (χ4n) is 3.71. The van der Waals surface area contributed by atoms with Crippen LogP contribution in [0.5, 0.6) is 11.5 Å². The average molecular weight is 429 g/mol. The number of hydrogen-bond donors (Lipinski definition) is 2. The summed E-state index contributed by atoms with van der Waals surface area (Å²) in [6, 6.07) is 24.7. The number of para-hydroxylation sites is 1. The van der Waals surface area contributed by atoms with Gasteiger partial charge in [-0.15, -0.1) is 0 Å². The molecule has 0 aromatic heterocycles. The predicted molar refractivity (Wildman–Crippen MR) is 120 cm³/mol. The van der Waals surface area contributed by atoms with Crippen molar-refractivity contribution in [3.63, 3.8) is 0 Å². The molecule has 4 amide bonds. The van der Waals surface area contributed by atoms with Gasteiger partial charge < -0.3 is 15.4 Å². The molecule has 4 rings (SSSR count). The molecule has 0 radical (unpaired) electrons. The normalized spacial score (nSPS) is 17.7. The molecule has 0 bridgehead atoms. The molecule has 1 unspecified atom stereocenters. The molecule has 7 nitrogen and oxygen atoms in total. The van der Waals surface area contributed by atoms with E-state index in [0.29, 0.717) is 29.2 Å². The van der Waals surface area contributed by atoms with Crippen molar-refractivity contribution in [3.8, 4) is 11.5 Å². The van der Waals surface area contributed by atoms with Crippen molar-refractivity contribution in [2.24, 2.45) is 0 Å². The fraction of sp³-hybridized carbons (Fsp3) is 0.160. The molecule has 1 fully saturated rings. The Morgan fingerprint density at radius 2 is 1.50 bits per heavy atom. The van der Waals surface area contributed by atoms with E-state index in [1.54, 1.807) is 36.4 Å². The van der Waals surface area contributed by atoms with E-state index in [-0.39, 0.29) is 6.54 Å². The Balaban J connectivity index is 1.40. The first-order chi connectivity index (χ1) is 15.5. The van der Waals surface area contributed by atoms with Gasteiger partial charge in [0, 0.05) is 5.69 Å². The highest BCUT2D eigenvalue weighted by Gasteiger charge is 2.51. The van der Waals surface area contributed by atoms with E-state index in [1.807, 2.05) is 55.5 Å². The van der Waals surface area contributed by atoms with Crippen molar-refractivity contribution >= 4 is 23.5 Å². The second-order valence-corrected chi connectivity index (χ2v) is 7.43. The highest BCUT2D eigenvalue weighted by atomic mass is 16.5. The van der Waals surface area contributed by atoms with Gasteiger partial charge in [0.05, 0.1) is 0 Å². The third-order valence-corrected chi connectivity index (χ3v) is 5.39. The molecule has 0 aliphatic carbocycles. The van der Waals surface area contributed by atoms with Gasteiger partial charge in [0.2, 0.25) is 5.91 Å². The van der Waals surface area contributed by atoms with Crippen molar-refractivity contribution in [1.82, 2.24) is 10.2 Å². The first kappa shape index (κ1) is 21.1. The number of carbonyl (C=O) groups excluding carboxylic acids is 3. The monoisotopic (exact) mass is 429 g/mol. The number of anilines is 1. The Kier molecular flexibility index (Phi) is 5.89. The van der Waals surface area contributed by atoms with Crippen molar-refractivity contribution in [1.29, 1.82) is 0 Å². The maximum absolute atomic E-state index is 13.1. The molecule has 1 aliphatic heterocycles. The highest BCUT2D eigenvalue weighted by molar-refractivity contribution is 6.10.